The Morgan fingerprint density at radius 3 is 2.43 bits per heavy atom. The van der Waals surface area contributed by atoms with Crippen LogP contribution in [0.2, 0.25) is 0 Å². The molecule has 37 heavy (non-hydrogen) atoms. The number of pyridine rings is 1. The molecule has 6 rings (SSSR count). The fourth-order valence-corrected chi connectivity index (χ4v) is 5.84. The van der Waals surface area contributed by atoms with Gasteiger partial charge in [0, 0.05) is 60.0 Å². The fraction of sp³-hybridized carbons (Fsp3) is 0.464. The number of piperidine rings is 1. The minimum atomic E-state index is -0.486. The van der Waals surface area contributed by atoms with Gasteiger partial charge in [0.2, 0.25) is 0 Å². The summed E-state index contributed by atoms with van der Waals surface area (Å²) < 4.78 is 9.39. The first kappa shape index (κ1) is 23.6. The van der Waals surface area contributed by atoms with Gasteiger partial charge >= 0.3 is 6.09 Å². The van der Waals surface area contributed by atoms with Gasteiger partial charge in [-0.05, 0) is 71.6 Å². The van der Waals surface area contributed by atoms with Crippen LogP contribution >= 0.6 is 0 Å². The van der Waals surface area contributed by atoms with Crippen LogP contribution in [0.3, 0.4) is 0 Å². The second kappa shape index (κ2) is 8.68. The molecule has 0 aliphatic carbocycles. The topological polar surface area (TPSA) is 90.4 Å². The molecule has 2 aliphatic rings. The van der Waals surface area contributed by atoms with Crippen LogP contribution in [0.4, 0.5) is 4.79 Å². The van der Waals surface area contributed by atoms with Crippen molar-refractivity contribution in [3.8, 4) is 22.5 Å². The molecule has 0 saturated carbocycles. The Labute approximate surface area is 216 Å². The first-order chi connectivity index (χ1) is 17.7. The molecule has 4 aromatic heterocycles. The first-order valence-corrected chi connectivity index (χ1v) is 13.0. The van der Waals surface area contributed by atoms with Gasteiger partial charge in [0.25, 0.3) is 0 Å². The van der Waals surface area contributed by atoms with Gasteiger partial charge in [-0.2, -0.15) is 10.2 Å². The van der Waals surface area contributed by atoms with Crippen molar-refractivity contribution in [3.63, 3.8) is 0 Å². The zero-order valence-electron chi connectivity index (χ0n) is 22.0. The molecule has 9 nitrogen and oxygen atoms in total. The number of carbonyl (C=O) groups is 1. The third kappa shape index (κ3) is 4.36. The van der Waals surface area contributed by atoms with Crippen LogP contribution in [0, 0.1) is 6.92 Å². The lowest BCUT2D eigenvalue weighted by Crippen LogP contribution is -2.48. The van der Waals surface area contributed by atoms with E-state index in [1.165, 1.54) is 0 Å². The van der Waals surface area contributed by atoms with Crippen molar-refractivity contribution < 1.29 is 9.53 Å². The van der Waals surface area contributed by atoms with Crippen molar-refractivity contribution >= 4 is 11.7 Å². The molecule has 192 valence electrons. The molecule has 0 spiro atoms. The summed E-state index contributed by atoms with van der Waals surface area (Å²) >= 11 is 0. The normalized spacial score (nSPS) is 21.5. The maximum Gasteiger partial charge on any atom is 0.410 e. The van der Waals surface area contributed by atoms with Gasteiger partial charge in [0.05, 0.1) is 11.9 Å². The predicted molar refractivity (Wildman–Crippen MR) is 140 cm³/mol. The standard InChI is InChI=1S/C28H33N7O2/c1-17-12-25(19-13-20-7-8-21(14-19)34(20)27(36)37-28(2,3)4)31-26-22(16-30-35(17)26)18-6-9-23(29-15-18)24-10-11-33(5)32-24/h6,9-12,15-16,19-21H,7-8,13-14H2,1-5H3/t19-,20-,21+. The van der Waals surface area contributed by atoms with Crippen LogP contribution in [0.1, 0.15) is 63.8 Å². The Bertz CT molecular complexity index is 1450. The number of hydrogen-bond acceptors (Lipinski definition) is 6. The SMILES string of the molecule is Cc1cc([C@@H]2C[C@H]3CC[C@@H](C2)N3C(=O)OC(C)(C)C)nc2c(-c3ccc(-c4ccn(C)n4)nc3)cnn12. The van der Waals surface area contributed by atoms with Crippen LogP contribution < -0.4 is 0 Å². The van der Waals surface area contributed by atoms with E-state index in [0.717, 1.165) is 65.2 Å². The molecular weight excluding hydrogens is 466 g/mol. The summed E-state index contributed by atoms with van der Waals surface area (Å²) in [4.78, 5) is 24.7. The Morgan fingerprint density at radius 1 is 1.05 bits per heavy atom. The Hall–Kier alpha value is -3.75. The molecule has 2 bridgehead atoms. The van der Waals surface area contributed by atoms with Gasteiger partial charge < -0.3 is 9.64 Å². The largest absolute Gasteiger partial charge is 0.444 e. The predicted octanol–water partition coefficient (Wildman–Crippen LogP) is 5.15. The molecule has 9 heteroatoms. The number of aromatic nitrogens is 6. The lowest BCUT2D eigenvalue weighted by atomic mass is 9.88. The molecule has 0 unspecified atom stereocenters. The molecule has 2 aliphatic heterocycles. The first-order valence-electron chi connectivity index (χ1n) is 13.0. The van der Waals surface area contributed by atoms with Gasteiger partial charge in [-0.1, -0.05) is 6.07 Å². The zero-order valence-corrected chi connectivity index (χ0v) is 22.0. The summed E-state index contributed by atoms with van der Waals surface area (Å²) in [5, 5.41) is 9.06. The molecule has 2 saturated heterocycles. The molecular formula is C28H33N7O2. The van der Waals surface area contributed by atoms with E-state index in [9.17, 15) is 4.79 Å². The van der Waals surface area contributed by atoms with Crippen molar-refractivity contribution in [2.75, 3.05) is 0 Å². The molecule has 0 N–H and O–H groups in total. The average molecular weight is 500 g/mol. The van der Waals surface area contributed by atoms with Crippen molar-refractivity contribution in [2.45, 2.75) is 77.0 Å². The minimum absolute atomic E-state index is 0.183. The van der Waals surface area contributed by atoms with Gasteiger partial charge in [-0.15, -0.1) is 0 Å². The van der Waals surface area contributed by atoms with Crippen molar-refractivity contribution in [1.29, 1.82) is 0 Å². The summed E-state index contributed by atoms with van der Waals surface area (Å²) in [5.41, 5.74) is 6.08. The minimum Gasteiger partial charge on any atom is -0.444 e. The second-order valence-electron chi connectivity index (χ2n) is 11.4. The van der Waals surface area contributed by atoms with E-state index in [4.69, 9.17) is 9.72 Å². The van der Waals surface area contributed by atoms with E-state index in [1.54, 1.807) is 4.68 Å². The number of rotatable bonds is 3. The maximum absolute atomic E-state index is 12.9. The van der Waals surface area contributed by atoms with Crippen molar-refractivity contribution in [1.82, 2.24) is 34.3 Å². The number of amides is 1. The summed E-state index contributed by atoms with van der Waals surface area (Å²) in [6.45, 7) is 7.84. The highest BCUT2D eigenvalue weighted by Crippen LogP contribution is 2.43. The second-order valence-corrected chi connectivity index (χ2v) is 11.4. The monoisotopic (exact) mass is 499 g/mol. The highest BCUT2D eigenvalue weighted by Gasteiger charge is 2.45. The Morgan fingerprint density at radius 2 is 1.81 bits per heavy atom. The molecule has 4 aromatic rings. The van der Waals surface area contributed by atoms with Crippen molar-refractivity contribution in [3.05, 3.63) is 54.2 Å². The van der Waals surface area contributed by atoms with E-state index in [2.05, 4.69) is 34.2 Å². The third-order valence-corrected chi connectivity index (χ3v) is 7.48. The van der Waals surface area contributed by atoms with Gasteiger partial charge in [-0.3, -0.25) is 9.67 Å². The Balaban J connectivity index is 1.28. The highest BCUT2D eigenvalue weighted by molar-refractivity contribution is 5.77. The zero-order chi connectivity index (χ0) is 25.9. The maximum atomic E-state index is 12.9. The molecule has 0 aromatic carbocycles. The van der Waals surface area contributed by atoms with Crippen LogP contribution in [-0.4, -0.2) is 58.0 Å². The van der Waals surface area contributed by atoms with Crippen LogP contribution in [0.25, 0.3) is 28.2 Å². The summed E-state index contributed by atoms with van der Waals surface area (Å²) in [5.74, 6) is 0.298. The van der Waals surface area contributed by atoms with E-state index in [1.807, 2.05) is 68.0 Å². The number of ether oxygens (including phenoxy) is 1. The molecule has 2 fully saturated rings. The average Bonchev–Trinajstić information content (AvgIpc) is 3.54. The van der Waals surface area contributed by atoms with E-state index in [-0.39, 0.29) is 18.2 Å². The lowest BCUT2D eigenvalue weighted by Gasteiger charge is -2.39. The van der Waals surface area contributed by atoms with E-state index < -0.39 is 5.60 Å². The molecule has 6 heterocycles. The summed E-state index contributed by atoms with van der Waals surface area (Å²) in [6.07, 6.45) is 9.31. The van der Waals surface area contributed by atoms with Crippen LogP contribution in [0.15, 0.2) is 42.9 Å². The van der Waals surface area contributed by atoms with Gasteiger partial charge in [-0.25, -0.2) is 14.3 Å². The summed E-state index contributed by atoms with van der Waals surface area (Å²) in [7, 11) is 1.90. The van der Waals surface area contributed by atoms with Gasteiger partial charge in [0.1, 0.15) is 11.3 Å². The third-order valence-electron chi connectivity index (χ3n) is 7.48. The highest BCUT2D eigenvalue weighted by atomic mass is 16.6. The quantitative estimate of drug-likeness (QED) is 0.387. The number of nitrogens with zero attached hydrogens (tertiary/aromatic N) is 7. The molecule has 3 atom stereocenters. The lowest BCUT2D eigenvalue weighted by molar-refractivity contribution is 0.00569. The number of carbonyl (C=O) groups excluding carboxylic acids is 1. The fourth-order valence-electron chi connectivity index (χ4n) is 5.84. The van der Waals surface area contributed by atoms with Gasteiger partial charge in [0.15, 0.2) is 5.65 Å². The Kier molecular flexibility index (Phi) is 5.54. The summed E-state index contributed by atoms with van der Waals surface area (Å²) in [6, 6.07) is 8.54. The van der Waals surface area contributed by atoms with Crippen LogP contribution in [-0.2, 0) is 11.8 Å². The number of fused-ring (bicyclic) bond motifs is 3. The van der Waals surface area contributed by atoms with E-state index in [0.29, 0.717) is 5.92 Å². The smallest absolute Gasteiger partial charge is 0.410 e. The molecule has 1 amide bonds. The van der Waals surface area contributed by atoms with E-state index >= 15 is 0 Å². The molecule has 0 radical (unpaired) electrons. The van der Waals surface area contributed by atoms with Crippen LogP contribution in [0.5, 0.6) is 0 Å². The number of hydrogen-bond donors (Lipinski definition) is 0. The number of aryl methyl sites for hydroxylation is 2. The van der Waals surface area contributed by atoms with Crippen molar-refractivity contribution in [2.24, 2.45) is 7.05 Å².